The van der Waals surface area contributed by atoms with Gasteiger partial charge in [-0.15, -0.1) is 11.3 Å². The SMILES string of the molecule is Cc1ccc(OCc2ccc(-c3ccc(C(F)(F)F)cc3)cc2C)c(-c2csc(N3CCC(C(=O)OCCN)CC3)n2)c1. The van der Waals surface area contributed by atoms with Gasteiger partial charge in [0.05, 0.1) is 17.2 Å². The minimum atomic E-state index is -4.36. The minimum Gasteiger partial charge on any atom is -0.488 e. The number of carbonyl (C=O) groups is 1. The largest absolute Gasteiger partial charge is 0.488 e. The van der Waals surface area contributed by atoms with Crippen molar-refractivity contribution in [2.45, 2.75) is 39.5 Å². The summed E-state index contributed by atoms with van der Waals surface area (Å²) >= 11 is 1.57. The molecule has 4 aromatic rings. The molecule has 1 aliphatic rings. The van der Waals surface area contributed by atoms with Gasteiger partial charge in [-0.3, -0.25) is 4.79 Å². The predicted molar refractivity (Wildman–Crippen MR) is 163 cm³/mol. The van der Waals surface area contributed by atoms with E-state index in [0.29, 0.717) is 26.0 Å². The van der Waals surface area contributed by atoms with Crippen molar-refractivity contribution in [2.24, 2.45) is 11.7 Å². The van der Waals surface area contributed by atoms with Crippen LogP contribution in [0.15, 0.2) is 66.0 Å². The Morgan fingerprint density at radius 2 is 1.74 bits per heavy atom. The molecule has 0 radical (unpaired) electrons. The lowest BCUT2D eigenvalue weighted by molar-refractivity contribution is -0.149. The van der Waals surface area contributed by atoms with E-state index in [-0.39, 0.29) is 18.5 Å². The van der Waals surface area contributed by atoms with E-state index in [0.717, 1.165) is 75.2 Å². The third-order valence-corrected chi connectivity index (χ3v) is 8.54. The van der Waals surface area contributed by atoms with Gasteiger partial charge in [-0.1, -0.05) is 42.0 Å². The maximum atomic E-state index is 12.9. The van der Waals surface area contributed by atoms with Gasteiger partial charge < -0.3 is 20.1 Å². The summed E-state index contributed by atoms with van der Waals surface area (Å²) in [4.78, 5) is 19.3. The molecule has 5 rings (SSSR count). The summed E-state index contributed by atoms with van der Waals surface area (Å²) in [6, 6.07) is 17.0. The molecule has 0 amide bonds. The number of rotatable bonds is 9. The number of halogens is 3. The molecule has 43 heavy (non-hydrogen) atoms. The number of nitrogens with two attached hydrogens (primary N) is 1. The first-order valence-electron chi connectivity index (χ1n) is 14.2. The first-order chi connectivity index (χ1) is 20.6. The zero-order valence-electron chi connectivity index (χ0n) is 24.1. The molecule has 0 aliphatic carbocycles. The van der Waals surface area contributed by atoms with Crippen LogP contribution in [0.2, 0.25) is 0 Å². The Kier molecular flexibility index (Phi) is 9.37. The molecule has 0 saturated carbocycles. The van der Waals surface area contributed by atoms with Gasteiger partial charge in [0.1, 0.15) is 19.0 Å². The van der Waals surface area contributed by atoms with Gasteiger partial charge in [0.2, 0.25) is 0 Å². The number of aryl methyl sites for hydroxylation is 2. The predicted octanol–water partition coefficient (Wildman–Crippen LogP) is 7.41. The van der Waals surface area contributed by atoms with Crippen molar-refractivity contribution in [3.63, 3.8) is 0 Å². The number of carbonyl (C=O) groups excluding carboxylic acids is 1. The molecule has 0 spiro atoms. The molecule has 2 heterocycles. The van der Waals surface area contributed by atoms with E-state index in [1.54, 1.807) is 11.3 Å². The molecule has 0 unspecified atom stereocenters. The summed E-state index contributed by atoms with van der Waals surface area (Å²) in [6.07, 6.45) is -2.92. The van der Waals surface area contributed by atoms with Crippen LogP contribution in [0, 0.1) is 19.8 Å². The van der Waals surface area contributed by atoms with E-state index in [9.17, 15) is 18.0 Å². The van der Waals surface area contributed by atoms with E-state index in [1.807, 2.05) is 49.6 Å². The molecule has 0 bridgehead atoms. The van der Waals surface area contributed by atoms with Crippen LogP contribution < -0.4 is 15.4 Å². The fourth-order valence-electron chi connectivity index (χ4n) is 5.13. The lowest BCUT2D eigenvalue weighted by Crippen LogP contribution is -2.37. The maximum absolute atomic E-state index is 12.9. The number of alkyl halides is 3. The van der Waals surface area contributed by atoms with Crippen LogP contribution in [-0.2, 0) is 22.3 Å². The Balaban J connectivity index is 1.26. The first-order valence-corrected chi connectivity index (χ1v) is 15.1. The molecule has 3 aromatic carbocycles. The van der Waals surface area contributed by atoms with Gasteiger partial charge in [0, 0.05) is 30.6 Å². The van der Waals surface area contributed by atoms with Crippen LogP contribution in [0.1, 0.15) is 35.1 Å². The zero-order chi connectivity index (χ0) is 30.6. The van der Waals surface area contributed by atoms with Gasteiger partial charge in [-0.25, -0.2) is 4.98 Å². The smallest absolute Gasteiger partial charge is 0.416 e. The third kappa shape index (κ3) is 7.37. The number of esters is 1. The highest BCUT2D eigenvalue weighted by Gasteiger charge is 2.30. The van der Waals surface area contributed by atoms with Crippen molar-refractivity contribution in [3.8, 4) is 28.1 Å². The van der Waals surface area contributed by atoms with Crippen LogP contribution in [0.4, 0.5) is 18.3 Å². The number of hydrogen-bond acceptors (Lipinski definition) is 7. The molecular formula is C33H34F3N3O3S. The molecule has 2 N–H and O–H groups in total. The van der Waals surface area contributed by atoms with E-state index in [1.165, 1.54) is 12.1 Å². The highest BCUT2D eigenvalue weighted by Crippen LogP contribution is 2.36. The van der Waals surface area contributed by atoms with Crippen molar-refractivity contribution in [2.75, 3.05) is 31.1 Å². The number of aromatic nitrogens is 1. The van der Waals surface area contributed by atoms with Crippen molar-refractivity contribution in [1.82, 2.24) is 4.98 Å². The second kappa shape index (κ2) is 13.2. The number of piperidine rings is 1. The third-order valence-electron chi connectivity index (χ3n) is 7.64. The van der Waals surface area contributed by atoms with E-state index >= 15 is 0 Å². The van der Waals surface area contributed by atoms with E-state index in [4.69, 9.17) is 20.2 Å². The zero-order valence-corrected chi connectivity index (χ0v) is 24.9. The average Bonchev–Trinajstić information content (AvgIpc) is 3.50. The number of nitrogens with zero attached hydrogens (tertiary/aromatic N) is 2. The molecule has 10 heteroatoms. The fraction of sp³-hybridized carbons (Fsp3) is 0.333. The summed E-state index contributed by atoms with van der Waals surface area (Å²) in [7, 11) is 0. The van der Waals surface area contributed by atoms with Crippen LogP contribution in [0.5, 0.6) is 5.75 Å². The molecule has 226 valence electrons. The number of hydrogen-bond donors (Lipinski definition) is 1. The summed E-state index contributed by atoms with van der Waals surface area (Å²) < 4.78 is 50.3. The first kappa shape index (κ1) is 30.6. The standard InChI is InChI=1S/C33H34F3N3O3S/c1-21-3-10-30(42-19-26-5-4-25(18-22(26)2)23-6-8-27(9-7-23)33(34,35)36)28(17-21)29-20-43-32(38-29)39-14-11-24(12-15-39)31(40)41-16-13-37/h3-10,17-18,20,24H,11-16,19,37H2,1-2H3. The monoisotopic (exact) mass is 609 g/mol. The van der Waals surface area contributed by atoms with Gasteiger partial charge >= 0.3 is 12.1 Å². The molecular weight excluding hydrogens is 575 g/mol. The second-order valence-corrected chi connectivity index (χ2v) is 11.6. The molecule has 6 nitrogen and oxygen atoms in total. The van der Waals surface area contributed by atoms with Gasteiger partial charge in [-0.2, -0.15) is 13.2 Å². The number of anilines is 1. The Hall–Kier alpha value is -3.89. The number of benzene rings is 3. The van der Waals surface area contributed by atoms with Gasteiger partial charge in [-0.05, 0) is 73.2 Å². The molecule has 1 fully saturated rings. The Morgan fingerprint density at radius 3 is 2.42 bits per heavy atom. The van der Waals surface area contributed by atoms with Gasteiger partial charge in [0.25, 0.3) is 0 Å². The quantitative estimate of drug-likeness (QED) is 0.199. The van der Waals surface area contributed by atoms with Crippen molar-refractivity contribution < 1.29 is 27.4 Å². The highest BCUT2D eigenvalue weighted by molar-refractivity contribution is 7.14. The molecule has 0 atom stereocenters. The van der Waals surface area contributed by atoms with E-state index in [2.05, 4.69) is 11.0 Å². The maximum Gasteiger partial charge on any atom is 0.416 e. The average molecular weight is 610 g/mol. The summed E-state index contributed by atoms with van der Waals surface area (Å²) in [5.74, 6) is 0.442. The second-order valence-electron chi connectivity index (χ2n) is 10.7. The van der Waals surface area contributed by atoms with Crippen molar-refractivity contribution in [3.05, 3.63) is 88.3 Å². The van der Waals surface area contributed by atoms with Crippen molar-refractivity contribution in [1.29, 1.82) is 0 Å². The van der Waals surface area contributed by atoms with Gasteiger partial charge in [0.15, 0.2) is 5.13 Å². The lowest BCUT2D eigenvalue weighted by Gasteiger charge is -2.30. The number of ether oxygens (including phenoxy) is 2. The van der Waals surface area contributed by atoms with Crippen LogP contribution in [0.3, 0.4) is 0 Å². The van der Waals surface area contributed by atoms with Crippen molar-refractivity contribution >= 4 is 22.4 Å². The summed E-state index contributed by atoms with van der Waals surface area (Å²) in [6.45, 7) is 6.37. The van der Waals surface area contributed by atoms with Crippen LogP contribution in [0.25, 0.3) is 22.4 Å². The highest BCUT2D eigenvalue weighted by atomic mass is 32.1. The minimum absolute atomic E-state index is 0.105. The van der Waals surface area contributed by atoms with E-state index < -0.39 is 11.7 Å². The fourth-order valence-corrected chi connectivity index (χ4v) is 6.01. The Bertz CT molecular complexity index is 1560. The number of thiazole rings is 1. The molecule has 1 aromatic heterocycles. The Labute approximate surface area is 253 Å². The summed E-state index contributed by atoms with van der Waals surface area (Å²) in [5.41, 5.74) is 11.1. The molecule has 1 saturated heterocycles. The Morgan fingerprint density at radius 1 is 1.02 bits per heavy atom. The van der Waals surface area contributed by atoms with Crippen LogP contribution >= 0.6 is 11.3 Å². The lowest BCUT2D eigenvalue weighted by atomic mass is 9.97. The topological polar surface area (TPSA) is 77.7 Å². The summed E-state index contributed by atoms with van der Waals surface area (Å²) in [5, 5.41) is 2.94. The molecule has 1 aliphatic heterocycles. The van der Waals surface area contributed by atoms with Crippen LogP contribution in [-0.4, -0.2) is 37.2 Å². The normalized spacial score (nSPS) is 14.1.